The smallest absolute Gasteiger partial charge is 0.276 e. The highest BCUT2D eigenvalue weighted by Crippen LogP contribution is 2.65. The van der Waals surface area contributed by atoms with Crippen molar-refractivity contribution in [3.05, 3.63) is 12.4 Å². The van der Waals surface area contributed by atoms with Gasteiger partial charge in [0.05, 0.1) is 0 Å². The van der Waals surface area contributed by atoms with E-state index in [1.165, 1.54) is 5.82 Å². The first-order valence-electron chi connectivity index (χ1n) is 6.12. The zero-order chi connectivity index (χ0) is 18.0. The maximum absolute atomic E-state index is 13.0. The molecule has 0 unspecified atom stereocenters. The minimum absolute atomic E-state index is 0.415. The van der Waals surface area contributed by atoms with Gasteiger partial charge in [0, 0.05) is 27.3 Å². The van der Waals surface area contributed by atoms with E-state index in [1.807, 2.05) is 27.7 Å². The Balaban J connectivity index is 5.50. The summed E-state index contributed by atoms with van der Waals surface area (Å²) in [5, 5.41) is 1.21. The van der Waals surface area contributed by atoms with Crippen LogP contribution in [0.5, 0.6) is 0 Å². The highest BCUT2D eigenvalue weighted by atomic mass is 79.9. The third-order valence-electron chi connectivity index (χ3n) is 2.95. The SMILES string of the molecule is C=CP(=O)(OC(Br)(Br)C(C)(C)CBr)OC(Br)(Br)C(C)(C)CBr. The fourth-order valence-corrected chi connectivity index (χ4v) is 7.41. The molecule has 0 saturated carbocycles. The summed E-state index contributed by atoms with van der Waals surface area (Å²) >= 11 is 20.6. The molecule has 0 saturated heterocycles. The van der Waals surface area contributed by atoms with Crippen LogP contribution in [0.4, 0.5) is 0 Å². The van der Waals surface area contributed by atoms with E-state index in [4.69, 9.17) is 9.05 Å². The molecule has 0 fully saturated rings. The number of hydrogen-bond acceptors (Lipinski definition) is 3. The first-order valence-corrected chi connectivity index (χ1v) is 13.1. The van der Waals surface area contributed by atoms with Gasteiger partial charge >= 0.3 is 7.60 Å². The van der Waals surface area contributed by atoms with E-state index in [1.54, 1.807) is 0 Å². The van der Waals surface area contributed by atoms with Crippen molar-refractivity contribution >= 4 is 103 Å². The van der Waals surface area contributed by atoms with Crippen LogP contribution in [0.25, 0.3) is 0 Å². The standard InChI is InChI=1S/C12H19Br6O3P/c1-6-22(19,20-11(15,16)9(2,3)7-13)21-12(17,18)10(4,5)8-14/h6H,1,7-8H2,2-5H3. The quantitative estimate of drug-likeness (QED) is 0.179. The summed E-state index contributed by atoms with van der Waals surface area (Å²) in [5.74, 6) is 1.19. The van der Waals surface area contributed by atoms with Crippen molar-refractivity contribution in [2.24, 2.45) is 10.8 Å². The van der Waals surface area contributed by atoms with Gasteiger partial charge < -0.3 is 0 Å². The zero-order valence-electron chi connectivity index (χ0n) is 12.6. The van der Waals surface area contributed by atoms with Crippen LogP contribution in [0.3, 0.4) is 0 Å². The molecule has 0 atom stereocenters. The molecule has 0 aliphatic heterocycles. The molecule has 0 spiro atoms. The lowest BCUT2D eigenvalue weighted by Gasteiger charge is -2.41. The average Bonchev–Trinajstić information content (AvgIpc) is 2.36. The lowest BCUT2D eigenvalue weighted by atomic mass is 9.98. The lowest BCUT2D eigenvalue weighted by molar-refractivity contribution is 0.0848. The molecule has 0 rings (SSSR count). The minimum atomic E-state index is -3.63. The van der Waals surface area contributed by atoms with Crippen molar-refractivity contribution < 1.29 is 13.6 Å². The van der Waals surface area contributed by atoms with Crippen molar-refractivity contribution in [1.29, 1.82) is 0 Å². The van der Waals surface area contributed by atoms with Crippen LogP contribution in [0.15, 0.2) is 12.4 Å². The summed E-state index contributed by atoms with van der Waals surface area (Å²) in [5.41, 5.74) is -0.831. The highest BCUT2D eigenvalue weighted by molar-refractivity contribution is 9.25. The molecule has 0 amide bonds. The summed E-state index contributed by atoms with van der Waals surface area (Å²) < 4.78 is 22.4. The Labute approximate surface area is 183 Å². The summed E-state index contributed by atoms with van der Waals surface area (Å²) in [6.07, 6.45) is 0. The molecule has 3 nitrogen and oxygen atoms in total. The van der Waals surface area contributed by atoms with Gasteiger partial charge in [-0.15, -0.1) is 0 Å². The van der Waals surface area contributed by atoms with Crippen LogP contribution in [0.1, 0.15) is 27.7 Å². The van der Waals surface area contributed by atoms with Crippen molar-refractivity contribution in [1.82, 2.24) is 0 Å². The van der Waals surface area contributed by atoms with E-state index in [2.05, 4.69) is 102 Å². The Morgan fingerprint density at radius 3 is 1.36 bits per heavy atom. The van der Waals surface area contributed by atoms with E-state index in [0.29, 0.717) is 10.7 Å². The van der Waals surface area contributed by atoms with Crippen LogP contribution < -0.4 is 0 Å². The summed E-state index contributed by atoms with van der Waals surface area (Å²) in [4.78, 5) is 0. The van der Waals surface area contributed by atoms with E-state index in [9.17, 15) is 4.57 Å². The molecule has 0 aromatic heterocycles. The molecule has 0 N–H and O–H groups in total. The predicted octanol–water partition coefficient (Wildman–Crippen LogP) is 8.09. The van der Waals surface area contributed by atoms with Gasteiger partial charge in [0.15, 0.2) is 6.84 Å². The zero-order valence-corrected chi connectivity index (χ0v) is 23.0. The van der Waals surface area contributed by atoms with E-state index in [0.717, 1.165) is 0 Å². The van der Waals surface area contributed by atoms with Crippen LogP contribution in [0, 0.1) is 10.8 Å². The van der Waals surface area contributed by atoms with E-state index >= 15 is 0 Å². The highest BCUT2D eigenvalue weighted by Gasteiger charge is 2.51. The predicted molar refractivity (Wildman–Crippen MR) is 116 cm³/mol. The maximum atomic E-state index is 13.0. The molecule has 10 heteroatoms. The summed E-state index contributed by atoms with van der Waals surface area (Å²) in [6, 6.07) is 0. The van der Waals surface area contributed by atoms with Crippen molar-refractivity contribution in [2.45, 2.75) is 34.5 Å². The van der Waals surface area contributed by atoms with Gasteiger partial charge in [-0.25, -0.2) is 0 Å². The molecule has 0 aliphatic carbocycles. The normalized spacial score (nSPS) is 15.0. The van der Waals surface area contributed by atoms with Gasteiger partial charge in [0.25, 0.3) is 0 Å². The third-order valence-corrected chi connectivity index (χ3v) is 13.2. The Morgan fingerprint density at radius 2 is 1.18 bits per heavy atom. The third kappa shape index (κ3) is 6.19. The minimum Gasteiger partial charge on any atom is -0.276 e. The summed E-state index contributed by atoms with van der Waals surface area (Å²) in [6.45, 7) is 11.4. The first-order chi connectivity index (χ1) is 9.60. The van der Waals surface area contributed by atoms with Gasteiger partial charge in [-0.1, -0.05) is 66.1 Å². The number of halogens is 6. The molecule has 132 valence electrons. The topological polar surface area (TPSA) is 35.5 Å². The average molecular weight is 722 g/mol. The second-order valence-electron chi connectivity index (χ2n) is 5.97. The molecule has 0 aromatic carbocycles. The lowest BCUT2D eigenvalue weighted by Crippen LogP contribution is -2.39. The molecule has 0 bridgehead atoms. The van der Waals surface area contributed by atoms with Gasteiger partial charge in [0.2, 0.25) is 0 Å². The number of alkyl halides is 6. The van der Waals surface area contributed by atoms with Crippen LogP contribution in [-0.4, -0.2) is 17.5 Å². The van der Waals surface area contributed by atoms with Crippen LogP contribution >= 0.6 is 103 Å². The largest absolute Gasteiger partial charge is 0.357 e. The Kier molecular flexibility index (Phi) is 9.73. The van der Waals surface area contributed by atoms with Gasteiger partial charge in [-0.2, -0.15) is 0 Å². The van der Waals surface area contributed by atoms with Crippen LogP contribution in [0.2, 0.25) is 0 Å². The number of hydrogen-bond donors (Lipinski definition) is 0. The molecule has 0 aliphatic rings. The fraction of sp³-hybridized carbons (Fsp3) is 0.833. The molecule has 22 heavy (non-hydrogen) atoms. The second kappa shape index (κ2) is 8.64. The maximum Gasteiger partial charge on any atom is 0.357 e. The van der Waals surface area contributed by atoms with Gasteiger partial charge in [0.1, 0.15) is 0 Å². The monoisotopic (exact) mass is 716 g/mol. The molecular weight excluding hydrogens is 703 g/mol. The van der Waals surface area contributed by atoms with Crippen LogP contribution in [-0.2, 0) is 13.6 Å². The second-order valence-corrected chi connectivity index (χ2v) is 15.5. The Bertz CT molecular complexity index is 416. The summed E-state index contributed by atoms with van der Waals surface area (Å²) in [7, 11) is -3.63. The molecular formula is C12H19Br6O3P. The van der Waals surface area contributed by atoms with Crippen molar-refractivity contribution in [3.63, 3.8) is 0 Å². The van der Waals surface area contributed by atoms with Crippen molar-refractivity contribution in [3.8, 4) is 0 Å². The first kappa shape index (κ1) is 24.8. The van der Waals surface area contributed by atoms with E-state index in [-0.39, 0.29) is 0 Å². The fourth-order valence-electron chi connectivity index (χ4n) is 0.815. The van der Waals surface area contributed by atoms with Crippen molar-refractivity contribution in [2.75, 3.05) is 10.7 Å². The Morgan fingerprint density at radius 1 is 0.909 bits per heavy atom. The van der Waals surface area contributed by atoms with Gasteiger partial charge in [-0.05, 0) is 63.7 Å². The molecule has 0 aromatic rings. The van der Waals surface area contributed by atoms with E-state index < -0.39 is 25.3 Å². The molecule has 0 radical (unpaired) electrons. The molecule has 0 heterocycles. The number of rotatable bonds is 9. The Hall–Kier alpha value is 2.77. The van der Waals surface area contributed by atoms with Gasteiger partial charge in [-0.3, -0.25) is 13.6 Å².